The van der Waals surface area contributed by atoms with Gasteiger partial charge in [-0.1, -0.05) is 12.1 Å². The van der Waals surface area contributed by atoms with Gasteiger partial charge in [-0.25, -0.2) is 9.78 Å². The molecule has 3 rings (SSSR count). The van der Waals surface area contributed by atoms with Gasteiger partial charge in [0.2, 0.25) is 0 Å². The van der Waals surface area contributed by atoms with Crippen LogP contribution in [-0.2, 0) is 6.54 Å². The smallest absolute Gasteiger partial charge is 0.317 e. The molecule has 0 bridgehead atoms. The van der Waals surface area contributed by atoms with Gasteiger partial charge < -0.3 is 15.0 Å². The quantitative estimate of drug-likeness (QED) is 0.922. The fraction of sp³-hybridized carbons (Fsp3) is 0.375. The SMILES string of the molecule is COc1cccc(-c2ncc(CNC(=O)N3CCSCC3)s2)c1. The van der Waals surface area contributed by atoms with Crippen LogP contribution in [0.5, 0.6) is 5.75 Å². The molecule has 0 atom stereocenters. The molecule has 0 unspecified atom stereocenters. The molecule has 0 spiro atoms. The van der Waals surface area contributed by atoms with Crippen molar-refractivity contribution in [1.82, 2.24) is 15.2 Å². The van der Waals surface area contributed by atoms with E-state index in [1.54, 1.807) is 18.4 Å². The second-order valence-corrected chi connectivity index (χ2v) is 7.46. The number of methoxy groups -OCH3 is 1. The van der Waals surface area contributed by atoms with Crippen molar-refractivity contribution in [3.05, 3.63) is 35.3 Å². The van der Waals surface area contributed by atoms with E-state index >= 15 is 0 Å². The van der Waals surface area contributed by atoms with Crippen LogP contribution < -0.4 is 10.1 Å². The van der Waals surface area contributed by atoms with Crippen LogP contribution >= 0.6 is 23.1 Å². The molecule has 2 aromatic rings. The van der Waals surface area contributed by atoms with Gasteiger partial charge in [-0.05, 0) is 12.1 Å². The van der Waals surface area contributed by atoms with Crippen molar-refractivity contribution in [3.63, 3.8) is 0 Å². The van der Waals surface area contributed by atoms with Crippen LogP contribution in [0.15, 0.2) is 30.5 Å². The fourth-order valence-electron chi connectivity index (χ4n) is 2.32. The molecule has 2 amide bonds. The minimum Gasteiger partial charge on any atom is -0.497 e. The Hall–Kier alpha value is -1.73. The first kappa shape index (κ1) is 16.1. The number of urea groups is 1. The molecule has 0 saturated carbocycles. The molecule has 1 aromatic heterocycles. The lowest BCUT2D eigenvalue weighted by atomic mass is 10.2. The zero-order valence-electron chi connectivity index (χ0n) is 12.9. The molecule has 5 nitrogen and oxygen atoms in total. The second-order valence-electron chi connectivity index (χ2n) is 5.12. The number of amides is 2. The number of hydrogen-bond acceptors (Lipinski definition) is 5. The van der Waals surface area contributed by atoms with Crippen LogP contribution in [0.25, 0.3) is 10.6 Å². The summed E-state index contributed by atoms with van der Waals surface area (Å²) >= 11 is 3.48. The van der Waals surface area contributed by atoms with E-state index in [1.165, 1.54) is 0 Å². The van der Waals surface area contributed by atoms with Crippen LogP contribution in [0.1, 0.15) is 4.88 Å². The van der Waals surface area contributed by atoms with Crippen LogP contribution in [0.2, 0.25) is 0 Å². The Morgan fingerprint density at radius 2 is 2.22 bits per heavy atom. The molecule has 7 heteroatoms. The molecule has 23 heavy (non-hydrogen) atoms. The second kappa shape index (κ2) is 7.70. The Labute approximate surface area is 144 Å². The number of carbonyl (C=O) groups is 1. The normalized spacial score (nSPS) is 14.6. The minimum absolute atomic E-state index is 0.0154. The Kier molecular flexibility index (Phi) is 5.40. The van der Waals surface area contributed by atoms with Gasteiger partial charge in [0.15, 0.2) is 0 Å². The molecule has 0 radical (unpaired) electrons. The monoisotopic (exact) mass is 349 g/mol. The lowest BCUT2D eigenvalue weighted by molar-refractivity contribution is 0.202. The third-order valence-electron chi connectivity index (χ3n) is 3.58. The van der Waals surface area contributed by atoms with Crippen molar-refractivity contribution >= 4 is 29.1 Å². The van der Waals surface area contributed by atoms with Crippen molar-refractivity contribution in [2.75, 3.05) is 31.7 Å². The average molecular weight is 349 g/mol. The summed E-state index contributed by atoms with van der Waals surface area (Å²) in [6.07, 6.45) is 1.83. The lowest BCUT2D eigenvalue weighted by Gasteiger charge is -2.26. The highest BCUT2D eigenvalue weighted by molar-refractivity contribution is 7.99. The van der Waals surface area contributed by atoms with Gasteiger partial charge in [0.05, 0.1) is 13.7 Å². The van der Waals surface area contributed by atoms with E-state index in [-0.39, 0.29) is 6.03 Å². The van der Waals surface area contributed by atoms with Gasteiger partial charge in [0, 0.05) is 41.2 Å². The summed E-state index contributed by atoms with van der Waals surface area (Å²) in [7, 11) is 1.65. The van der Waals surface area contributed by atoms with Crippen LogP contribution in [0.3, 0.4) is 0 Å². The molecule has 0 aliphatic carbocycles. The van der Waals surface area contributed by atoms with E-state index in [1.807, 2.05) is 47.1 Å². The van der Waals surface area contributed by atoms with E-state index in [4.69, 9.17) is 4.74 Å². The molecule has 1 N–H and O–H groups in total. The van der Waals surface area contributed by atoms with Gasteiger partial charge in [-0.3, -0.25) is 0 Å². The van der Waals surface area contributed by atoms with Crippen molar-refractivity contribution < 1.29 is 9.53 Å². The molecular weight excluding hydrogens is 330 g/mol. The van der Waals surface area contributed by atoms with Crippen molar-refractivity contribution in [3.8, 4) is 16.3 Å². The summed E-state index contributed by atoms with van der Waals surface area (Å²) in [5.41, 5.74) is 1.03. The molecule has 1 fully saturated rings. The highest BCUT2D eigenvalue weighted by Gasteiger charge is 2.16. The van der Waals surface area contributed by atoms with Gasteiger partial charge in [0.25, 0.3) is 0 Å². The molecule has 1 aromatic carbocycles. The number of benzene rings is 1. The topological polar surface area (TPSA) is 54.5 Å². The summed E-state index contributed by atoms with van der Waals surface area (Å²) in [5, 5.41) is 3.91. The predicted molar refractivity (Wildman–Crippen MR) is 95.2 cm³/mol. The van der Waals surface area contributed by atoms with Crippen LogP contribution in [0.4, 0.5) is 4.79 Å². The highest BCUT2D eigenvalue weighted by Crippen LogP contribution is 2.27. The molecule has 1 saturated heterocycles. The molecular formula is C16H19N3O2S2. The number of nitrogens with one attached hydrogen (secondary N) is 1. The number of thiazole rings is 1. The Morgan fingerprint density at radius 1 is 1.39 bits per heavy atom. The standard InChI is InChI=1S/C16H19N3O2S2/c1-21-13-4-2-3-12(9-13)15-17-10-14(23-15)11-18-16(20)19-5-7-22-8-6-19/h2-4,9-10H,5-8,11H2,1H3,(H,18,20). The maximum Gasteiger partial charge on any atom is 0.317 e. The molecule has 2 heterocycles. The summed E-state index contributed by atoms with van der Waals surface area (Å²) in [5.74, 6) is 2.86. The number of nitrogens with zero attached hydrogens (tertiary/aromatic N) is 2. The van der Waals surface area contributed by atoms with Crippen LogP contribution in [0, 0.1) is 0 Å². The fourth-order valence-corrected chi connectivity index (χ4v) is 4.07. The summed E-state index contributed by atoms with van der Waals surface area (Å²) in [6, 6.07) is 7.85. The Balaban J connectivity index is 1.59. The molecule has 122 valence electrons. The number of ether oxygens (including phenoxy) is 1. The number of hydrogen-bond donors (Lipinski definition) is 1. The number of rotatable bonds is 4. The number of carbonyl (C=O) groups excluding carboxylic acids is 1. The van der Waals surface area contributed by atoms with Gasteiger partial charge in [-0.2, -0.15) is 11.8 Å². The van der Waals surface area contributed by atoms with Crippen LogP contribution in [-0.4, -0.2) is 47.6 Å². The lowest BCUT2D eigenvalue weighted by Crippen LogP contribution is -2.43. The molecule has 1 aliphatic rings. The average Bonchev–Trinajstić information content (AvgIpc) is 3.09. The van der Waals surface area contributed by atoms with E-state index in [9.17, 15) is 4.79 Å². The van der Waals surface area contributed by atoms with E-state index in [0.29, 0.717) is 6.54 Å². The van der Waals surface area contributed by atoms with Crippen molar-refractivity contribution in [1.29, 1.82) is 0 Å². The molecule has 1 aliphatic heterocycles. The zero-order valence-corrected chi connectivity index (χ0v) is 14.6. The maximum atomic E-state index is 12.1. The van der Waals surface area contributed by atoms with E-state index in [2.05, 4.69) is 10.3 Å². The predicted octanol–water partition coefficient (Wildman–Crippen LogP) is 3.08. The van der Waals surface area contributed by atoms with Crippen molar-refractivity contribution in [2.24, 2.45) is 0 Å². The first-order valence-corrected chi connectivity index (χ1v) is 9.43. The Bertz CT molecular complexity index is 669. The van der Waals surface area contributed by atoms with Gasteiger partial charge in [-0.15, -0.1) is 11.3 Å². The van der Waals surface area contributed by atoms with Gasteiger partial charge in [0.1, 0.15) is 10.8 Å². The first-order chi connectivity index (χ1) is 11.3. The van der Waals surface area contributed by atoms with E-state index < -0.39 is 0 Å². The Morgan fingerprint density at radius 3 is 3.00 bits per heavy atom. The summed E-state index contributed by atoms with van der Waals surface area (Å²) in [4.78, 5) is 19.5. The largest absolute Gasteiger partial charge is 0.497 e. The number of aromatic nitrogens is 1. The highest BCUT2D eigenvalue weighted by atomic mass is 32.2. The van der Waals surface area contributed by atoms with E-state index in [0.717, 1.165) is 45.8 Å². The van der Waals surface area contributed by atoms with Gasteiger partial charge >= 0.3 is 6.03 Å². The summed E-state index contributed by atoms with van der Waals surface area (Å²) < 4.78 is 5.24. The van der Waals surface area contributed by atoms with Crippen molar-refractivity contribution in [2.45, 2.75) is 6.54 Å². The third kappa shape index (κ3) is 4.17. The summed E-state index contributed by atoms with van der Waals surface area (Å²) in [6.45, 7) is 2.17. The third-order valence-corrected chi connectivity index (χ3v) is 5.57. The maximum absolute atomic E-state index is 12.1. The zero-order chi connectivity index (χ0) is 16.1. The number of thioether (sulfide) groups is 1. The minimum atomic E-state index is 0.0154. The first-order valence-electron chi connectivity index (χ1n) is 7.46.